The normalized spacial score (nSPS) is 11.9. The summed E-state index contributed by atoms with van der Waals surface area (Å²) < 4.78 is 25.1. The van der Waals surface area contributed by atoms with Gasteiger partial charge in [-0.1, -0.05) is 24.3 Å². The fourth-order valence-corrected chi connectivity index (χ4v) is 2.92. The maximum Gasteiger partial charge on any atom is 0.253 e. The number of hydrogen-bond acceptors (Lipinski definition) is 4. The van der Waals surface area contributed by atoms with Crippen molar-refractivity contribution >= 4 is 5.91 Å². The maximum absolute atomic E-state index is 13.8. The van der Waals surface area contributed by atoms with Crippen LogP contribution in [0.2, 0.25) is 0 Å². The van der Waals surface area contributed by atoms with Crippen LogP contribution >= 0.6 is 0 Å². The number of amides is 1. The Labute approximate surface area is 175 Å². The minimum Gasteiger partial charge on any atom is -0.454 e. The van der Waals surface area contributed by atoms with Gasteiger partial charge in [0.2, 0.25) is 0 Å². The fourth-order valence-electron chi connectivity index (χ4n) is 2.92. The number of aromatic nitrogens is 1. The summed E-state index contributed by atoms with van der Waals surface area (Å²) in [4.78, 5) is 16.8. The van der Waals surface area contributed by atoms with Gasteiger partial charge in [0.15, 0.2) is 11.6 Å². The van der Waals surface area contributed by atoms with Gasteiger partial charge in [-0.25, -0.2) is 4.39 Å². The Hall–Kier alpha value is -3.25. The Kier molecular flexibility index (Phi) is 7.14. The molecule has 0 aliphatic heterocycles. The average molecular weight is 408 g/mol. The van der Waals surface area contributed by atoms with Crippen molar-refractivity contribution in [3.63, 3.8) is 0 Å². The van der Waals surface area contributed by atoms with Crippen molar-refractivity contribution in [1.82, 2.24) is 10.3 Å². The van der Waals surface area contributed by atoms with Crippen LogP contribution in [-0.4, -0.2) is 17.0 Å². The molecule has 6 heteroatoms. The van der Waals surface area contributed by atoms with E-state index in [1.165, 1.54) is 6.07 Å². The molecule has 0 fully saturated rings. The summed E-state index contributed by atoms with van der Waals surface area (Å²) in [6.45, 7) is 6.17. The molecule has 1 aromatic heterocycles. The third kappa shape index (κ3) is 5.87. The molecule has 3 aromatic rings. The third-order valence-corrected chi connectivity index (χ3v) is 4.36. The molecule has 1 amide bonds. The number of carbonyl (C=O) groups excluding carboxylic acids is 1. The molecule has 30 heavy (non-hydrogen) atoms. The molecule has 1 N–H and O–H groups in total. The van der Waals surface area contributed by atoms with Crippen molar-refractivity contribution in [2.75, 3.05) is 0 Å². The van der Waals surface area contributed by atoms with E-state index in [0.29, 0.717) is 17.9 Å². The van der Waals surface area contributed by atoms with Crippen LogP contribution in [0.3, 0.4) is 0 Å². The first-order chi connectivity index (χ1) is 14.4. The molecule has 1 heterocycles. The Morgan fingerprint density at radius 1 is 1.07 bits per heavy atom. The highest BCUT2D eigenvalue weighted by Crippen LogP contribution is 2.24. The highest BCUT2D eigenvalue weighted by Gasteiger charge is 2.12. The summed E-state index contributed by atoms with van der Waals surface area (Å²) in [5, 5.41) is 2.86. The second kappa shape index (κ2) is 9.98. The van der Waals surface area contributed by atoms with Gasteiger partial charge in [-0.3, -0.25) is 9.78 Å². The van der Waals surface area contributed by atoms with Gasteiger partial charge >= 0.3 is 0 Å². The molecule has 0 radical (unpaired) electrons. The highest BCUT2D eigenvalue weighted by atomic mass is 19.1. The van der Waals surface area contributed by atoms with Crippen molar-refractivity contribution in [1.29, 1.82) is 0 Å². The number of ether oxygens (including phenoxy) is 2. The van der Waals surface area contributed by atoms with Crippen LogP contribution in [0.4, 0.5) is 4.39 Å². The summed E-state index contributed by atoms with van der Waals surface area (Å²) in [7, 11) is 0. The van der Waals surface area contributed by atoms with Crippen LogP contribution < -0.4 is 10.1 Å². The summed E-state index contributed by atoms with van der Waals surface area (Å²) in [5.41, 5.74) is 2.08. The molecule has 0 spiro atoms. The van der Waals surface area contributed by atoms with Crippen LogP contribution in [0.1, 0.15) is 48.5 Å². The predicted octanol–water partition coefficient (Wildman–Crippen LogP) is 5.43. The van der Waals surface area contributed by atoms with E-state index in [1.807, 2.05) is 26.8 Å². The highest BCUT2D eigenvalue weighted by molar-refractivity contribution is 5.93. The van der Waals surface area contributed by atoms with Gasteiger partial charge in [0.05, 0.1) is 23.5 Å². The molecule has 2 aromatic carbocycles. The van der Waals surface area contributed by atoms with Gasteiger partial charge in [0, 0.05) is 12.7 Å². The SMILES string of the molecule is CC(C)OC(C)c1ccc(C(=O)NCc2cccc(Oc3ccccc3F)c2)cn1. The van der Waals surface area contributed by atoms with E-state index in [-0.39, 0.29) is 23.9 Å². The number of rotatable bonds is 8. The molecular weight excluding hydrogens is 383 g/mol. The molecule has 156 valence electrons. The molecule has 0 bridgehead atoms. The van der Waals surface area contributed by atoms with Gasteiger partial charge in [-0.15, -0.1) is 0 Å². The number of nitrogens with one attached hydrogen (secondary N) is 1. The lowest BCUT2D eigenvalue weighted by Gasteiger charge is -2.15. The Morgan fingerprint density at radius 2 is 1.87 bits per heavy atom. The van der Waals surface area contributed by atoms with Gasteiger partial charge in [0.25, 0.3) is 5.91 Å². The second-order valence-corrected chi connectivity index (χ2v) is 7.16. The van der Waals surface area contributed by atoms with Gasteiger partial charge in [-0.05, 0) is 62.7 Å². The van der Waals surface area contributed by atoms with Crippen LogP contribution in [0.15, 0.2) is 66.9 Å². The summed E-state index contributed by atoms with van der Waals surface area (Å²) >= 11 is 0. The largest absolute Gasteiger partial charge is 0.454 e. The second-order valence-electron chi connectivity index (χ2n) is 7.16. The lowest BCUT2D eigenvalue weighted by atomic mass is 10.2. The fraction of sp³-hybridized carbons (Fsp3) is 0.250. The quantitative estimate of drug-likeness (QED) is 0.540. The number of para-hydroxylation sites is 1. The predicted molar refractivity (Wildman–Crippen MR) is 113 cm³/mol. The maximum atomic E-state index is 13.8. The topological polar surface area (TPSA) is 60.5 Å². The summed E-state index contributed by atoms with van der Waals surface area (Å²) in [6, 6.07) is 16.9. The first kappa shape index (κ1) is 21.5. The third-order valence-electron chi connectivity index (χ3n) is 4.36. The molecule has 3 rings (SSSR count). The average Bonchev–Trinajstić information content (AvgIpc) is 2.73. The van der Waals surface area contributed by atoms with Crippen LogP contribution in [0.25, 0.3) is 0 Å². The Balaban J connectivity index is 1.59. The molecule has 1 atom stereocenters. The molecule has 0 aliphatic rings. The number of pyridine rings is 1. The van der Waals surface area contributed by atoms with E-state index in [2.05, 4.69) is 10.3 Å². The summed E-state index contributed by atoms with van der Waals surface area (Å²) in [6.07, 6.45) is 1.50. The molecule has 0 saturated heterocycles. The number of hydrogen-bond donors (Lipinski definition) is 1. The van der Waals surface area contributed by atoms with Crippen molar-refractivity contribution in [3.8, 4) is 11.5 Å². The standard InChI is InChI=1S/C24H25FN2O3/c1-16(2)29-17(3)22-12-11-19(15-26-22)24(28)27-14-18-7-6-8-20(13-18)30-23-10-5-4-9-21(23)25/h4-13,15-17H,14H2,1-3H3,(H,27,28). The van der Waals surface area contributed by atoms with E-state index < -0.39 is 5.82 Å². The zero-order valence-electron chi connectivity index (χ0n) is 17.3. The van der Waals surface area contributed by atoms with Gasteiger partial charge in [-0.2, -0.15) is 0 Å². The molecule has 0 aliphatic carbocycles. The van der Waals surface area contributed by atoms with Crippen LogP contribution in [-0.2, 0) is 11.3 Å². The number of nitrogens with zero attached hydrogens (tertiary/aromatic N) is 1. The van der Waals surface area contributed by atoms with Gasteiger partial charge < -0.3 is 14.8 Å². The Bertz CT molecular complexity index is 990. The smallest absolute Gasteiger partial charge is 0.253 e. The van der Waals surface area contributed by atoms with Crippen molar-refractivity contribution in [2.45, 2.75) is 39.5 Å². The zero-order valence-corrected chi connectivity index (χ0v) is 17.3. The Morgan fingerprint density at radius 3 is 2.57 bits per heavy atom. The first-order valence-corrected chi connectivity index (χ1v) is 9.83. The molecule has 5 nitrogen and oxygen atoms in total. The molecular formula is C24H25FN2O3. The number of carbonyl (C=O) groups is 1. The van der Waals surface area contributed by atoms with Crippen molar-refractivity contribution in [2.24, 2.45) is 0 Å². The van der Waals surface area contributed by atoms with E-state index in [9.17, 15) is 9.18 Å². The van der Waals surface area contributed by atoms with Gasteiger partial charge in [0.1, 0.15) is 5.75 Å². The first-order valence-electron chi connectivity index (χ1n) is 9.83. The van der Waals surface area contributed by atoms with E-state index in [1.54, 1.807) is 54.7 Å². The lowest BCUT2D eigenvalue weighted by Crippen LogP contribution is -2.23. The molecule has 1 unspecified atom stereocenters. The van der Waals surface area contributed by atoms with Crippen molar-refractivity contribution < 1.29 is 18.7 Å². The minimum atomic E-state index is -0.430. The lowest BCUT2D eigenvalue weighted by molar-refractivity contribution is 0.0154. The van der Waals surface area contributed by atoms with Crippen LogP contribution in [0, 0.1) is 5.82 Å². The number of halogens is 1. The van der Waals surface area contributed by atoms with E-state index in [0.717, 1.165) is 11.3 Å². The monoisotopic (exact) mass is 408 g/mol. The van der Waals surface area contributed by atoms with Crippen LogP contribution in [0.5, 0.6) is 11.5 Å². The minimum absolute atomic E-state index is 0.0999. The van der Waals surface area contributed by atoms with E-state index >= 15 is 0 Å². The van der Waals surface area contributed by atoms with E-state index in [4.69, 9.17) is 9.47 Å². The van der Waals surface area contributed by atoms with Crippen molar-refractivity contribution in [3.05, 3.63) is 89.5 Å². The molecule has 0 saturated carbocycles. The number of benzene rings is 2. The zero-order chi connectivity index (χ0) is 21.5. The summed E-state index contributed by atoms with van der Waals surface area (Å²) in [5.74, 6) is -0.00953.